The Labute approximate surface area is 129 Å². The third-order valence-electron chi connectivity index (χ3n) is 4.17. The van der Waals surface area contributed by atoms with Gasteiger partial charge in [0.2, 0.25) is 10.0 Å². The lowest BCUT2D eigenvalue weighted by Gasteiger charge is -2.29. The van der Waals surface area contributed by atoms with Gasteiger partial charge < -0.3 is 9.13 Å². The quantitative estimate of drug-likeness (QED) is 0.802. The lowest BCUT2D eigenvalue weighted by molar-refractivity contribution is 0.312. The average Bonchev–Trinajstić information content (AvgIpc) is 3.10. The summed E-state index contributed by atoms with van der Waals surface area (Å²) in [5, 5.41) is 8.58. The van der Waals surface area contributed by atoms with E-state index in [1.807, 2.05) is 22.4 Å². The van der Waals surface area contributed by atoms with E-state index in [1.165, 1.54) is 10.6 Å². The summed E-state index contributed by atoms with van der Waals surface area (Å²) < 4.78 is 28.6. The lowest BCUT2D eigenvalue weighted by Crippen LogP contribution is -2.37. The molecule has 8 nitrogen and oxygen atoms in total. The number of sulfonamides is 1. The molecule has 0 saturated carbocycles. The minimum Gasteiger partial charge on any atom is -0.330 e. The predicted molar refractivity (Wildman–Crippen MR) is 80.7 cm³/mol. The van der Waals surface area contributed by atoms with Crippen LogP contribution in [-0.2, 0) is 23.6 Å². The van der Waals surface area contributed by atoms with Gasteiger partial charge in [-0.15, -0.1) is 10.2 Å². The first-order valence-corrected chi connectivity index (χ1v) is 9.09. The molecule has 3 rings (SSSR count). The molecule has 0 aliphatic carbocycles. The van der Waals surface area contributed by atoms with Gasteiger partial charge in [-0.3, -0.25) is 0 Å². The number of hydrogen-bond acceptors (Lipinski definition) is 5. The van der Waals surface area contributed by atoms with E-state index in [1.54, 1.807) is 12.5 Å². The van der Waals surface area contributed by atoms with E-state index in [0.29, 0.717) is 19.6 Å². The molecule has 1 aliphatic rings. The van der Waals surface area contributed by atoms with Gasteiger partial charge in [0.15, 0.2) is 5.82 Å². The fourth-order valence-corrected chi connectivity index (χ4v) is 3.73. The number of piperidine rings is 1. The van der Waals surface area contributed by atoms with Gasteiger partial charge in [-0.05, 0) is 12.8 Å². The van der Waals surface area contributed by atoms with Crippen molar-refractivity contribution in [2.75, 3.05) is 19.3 Å². The molecule has 2 aromatic rings. The molecule has 120 valence electrons. The molecule has 0 bridgehead atoms. The van der Waals surface area contributed by atoms with Gasteiger partial charge in [0.25, 0.3) is 0 Å². The van der Waals surface area contributed by atoms with E-state index >= 15 is 0 Å². The molecule has 0 aromatic carbocycles. The summed E-state index contributed by atoms with van der Waals surface area (Å²) in [5.74, 6) is 2.06. The number of rotatable bonds is 4. The zero-order valence-electron chi connectivity index (χ0n) is 12.8. The molecule has 0 spiro atoms. The van der Waals surface area contributed by atoms with Crippen LogP contribution in [-0.4, -0.2) is 56.4 Å². The Morgan fingerprint density at radius 1 is 1.27 bits per heavy atom. The van der Waals surface area contributed by atoms with Crippen LogP contribution >= 0.6 is 0 Å². The minimum absolute atomic E-state index is 0.257. The Hall–Kier alpha value is -1.74. The van der Waals surface area contributed by atoms with Gasteiger partial charge in [-0.2, -0.15) is 0 Å². The molecule has 0 amide bonds. The van der Waals surface area contributed by atoms with Crippen LogP contribution in [0.15, 0.2) is 18.7 Å². The Morgan fingerprint density at radius 3 is 2.59 bits per heavy atom. The topological polar surface area (TPSA) is 85.9 Å². The highest BCUT2D eigenvalue weighted by molar-refractivity contribution is 7.88. The van der Waals surface area contributed by atoms with Gasteiger partial charge in [-0.1, -0.05) is 0 Å². The summed E-state index contributed by atoms with van der Waals surface area (Å²) in [4.78, 5) is 4.02. The standard InChI is InChI=1S/C13H20N6O2S/c1-17-12(9-18-8-5-14-10-18)15-16-13(17)11-3-6-19(7-4-11)22(2,20)21/h5,8,10-11H,3-4,6-7,9H2,1-2H3. The highest BCUT2D eigenvalue weighted by Gasteiger charge is 2.28. The molecule has 0 atom stereocenters. The van der Waals surface area contributed by atoms with E-state index in [-0.39, 0.29) is 5.92 Å². The maximum atomic E-state index is 11.6. The van der Waals surface area contributed by atoms with E-state index < -0.39 is 10.0 Å². The van der Waals surface area contributed by atoms with E-state index in [4.69, 9.17) is 0 Å². The zero-order valence-corrected chi connectivity index (χ0v) is 13.6. The van der Waals surface area contributed by atoms with Gasteiger partial charge >= 0.3 is 0 Å². The zero-order chi connectivity index (χ0) is 15.7. The summed E-state index contributed by atoms with van der Waals surface area (Å²) in [5.41, 5.74) is 0. The molecular weight excluding hydrogens is 304 g/mol. The molecule has 22 heavy (non-hydrogen) atoms. The van der Waals surface area contributed by atoms with Crippen LogP contribution in [0.1, 0.15) is 30.4 Å². The lowest BCUT2D eigenvalue weighted by atomic mass is 9.97. The summed E-state index contributed by atoms with van der Waals surface area (Å²) in [6.07, 6.45) is 8.20. The Bertz CT molecular complexity index is 729. The highest BCUT2D eigenvalue weighted by atomic mass is 32.2. The molecule has 1 aliphatic heterocycles. The van der Waals surface area contributed by atoms with Crippen LogP contribution in [0, 0.1) is 0 Å². The fourth-order valence-electron chi connectivity index (χ4n) is 2.86. The second kappa shape index (κ2) is 5.81. The number of imidazole rings is 1. The molecule has 1 saturated heterocycles. The molecular formula is C13H20N6O2S. The van der Waals surface area contributed by atoms with Crippen molar-refractivity contribution in [3.05, 3.63) is 30.4 Å². The largest absolute Gasteiger partial charge is 0.330 e. The predicted octanol–water partition coefficient (Wildman–Crippen LogP) is 0.199. The molecule has 0 unspecified atom stereocenters. The van der Waals surface area contributed by atoms with Gasteiger partial charge in [0, 0.05) is 38.4 Å². The van der Waals surface area contributed by atoms with Crippen molar-refractivity contribution in [2.45, 2.75) is 25.3 Å². The van der Waals surface area contributed by atoms with E-state index in [9.17, 15) is 8.42 Å². The molecule has 0 radical (unpaired) electrons. The first kappa shape index (κ1) is 15.2. The van der Waals surface area contributed by atoms with Crippen LogP contribution in [0.25, 0.3) is 0 Å². The normalized spacial score (nSPS) is 17.9. The SMILES string of the molecule is Cn1c(Cn2ccnc2)nnc1C1CCN(S(C)(=O)=O)CC1. The van der Waals surface area contributed by atoms with Crippen molar-refractivity contribution >= 4 is 10.0 Å². The van der Waals surface area contributed by atoms with Crippen molar-refractivity contribution in [1.29, 1.82) is 0 Å². The van der Waals surface area contributed by atoms with Crippen molar-refractivity contribution in [3.63, 3.8) is 0 Å². The van der Waals surface area contributed by atoms with Crippen molar-refractivity contribution in [1.82, 2.24) is 28.6 Å². The average molecular weight is 324 g/mol. The number of nitrogens with zero attached hydrogens (tertiary/aromatic N) is 6. The van der Waals surface area contributed by atoms with Crippen LogP contribution in [0.3, 0.4) is 0 Å². The first-order valence-electron chi connectivity index (χ1n) is 7.24. The van der Waals surface area contributed by atoms with Crippen LogP contribution in [0.2, 0.25) is 0 Å². The van der Waals surface area contributed by atoms with E-state index in [2.05, 4.69) is 15.2 Å². The Morgan fingerprint density at radius 2 is 2.00 bits per heavy atom. The van der Waals surface area contributed by atoms with Gasteiger partial charge in [0.05, 0.1) is 19.1 Å². The summed E-state index contributed by atoms with van der Waals surface area (Å²) in [6.45, 7) is 1.73. The number of hydrogen-bond donors (Lipinski definition) is 0. The fraction of sp³-hybridized carbons (Fsp3) is 0.615. The van der Waals surface area contributed by atoms with Crippen molar-refractivity contribution in [3.8, 4) is 0 Å². The second-order valence-corrected chi connectivity index (χ2v) is 7.69. The van der Waals surface area contributed by atoms with Gasteiger partial charge in [-0.25, -0.2) is 17.7 Å². The molecule has 3 heterocycles. The summed E-state index contributed by atoms with van der Waals surface area (Å²) >= 11 is 0. The van der Waals surface area contributed by atoms with Gasteiger partial charge in [0.1, 0.15) is 5.82 Å². The summed E-state index contributed by atoms with van der Waals surface area (Å²) in [7, 11) is -1.13. The second-order valence-electron chi connectivity index (χ2n) is 5.70. The number of aromatic nitrogens is 5. The maximum Gasteiger partial charge on any atom is 0.211 e. The molecule has 1 fully saturated rings. The third kappa shape index (κ3) is 3.05. The smallest absolute Gasteiger partial charge is 0.211 e. The van der Waals surface area contributed by atoms with E-state index in [0.717, 1.165) is 24.5 Å². The Kier molecular flexibility index (Phi) is 4.00. The minimum atomic E-state index is -3.09. The Balaban J connectivity index is 1.70. The van der Waals surface area contributed by atoms with Crippen LogP contribution in [0.4, 0.5) is 0 Å². The molecule has 9 heteroatoms. The molecule has 0 N–H and O–H groups in total. The van der Waals surface area contributed by atoms with Crippen LogP contribution < -0.4 is 0 Å². The maximum absolute atomic E-state index is 11.6. The molecule has 2 aromatic heterocycles. The van der Waals surface area contributed by atoms with Crippen molar-refractivity contribution in [2.24, 2.45) is 7.05 Å². The van der Waals surface area contributed by atoms with Crippen LogP contribution in [0.5, 0.6) is 0 Å². The van der Waals surface area contributed by atoms with Crippen molar-refractivity contribution < 1.29 is 8.42 Å². The summed E-state index contributed by atoms with van der Waals surface area (Å²) in [6, 6.07) is 0. The monoisotopic (exact) mass is 324 g/mol. The third-order valence-corrected chi connectivity index (χ3v) is 5.47. The highest BCUT2D eigenvalue weighted by Crippen LogP contribution is 2.27. The first-order chi connectivity index (χ1) is 10.4.